The summed E-state index contributed by atoms with van der Waals surface area (Å²) < 4.78 is 40.7. The molecule has 308 valence electrons. The second-order valence-electron chi connectivity index (χ2n) is 15.2. The van der Waals surface area contributed by atoms with Crippen LogP contribution in [0.4, 0.5) is 8.78 Å². The van der Waals surface area contributed by atoms with E-state index < -0.39 is 58.4 Å². The smallest absolute Gasteiger partial charge is 0.334 e. The zero-order valence-corrected chi connectivity index (χ0v) is 33.2. The van der Waals surface area contributed by atoms with E-state index in [1.807, 2.05) is 6.07 Å². The maximum absolute atomic E-state index is 14.3. The summed E-state index contributed by atoms with van der Waals surface area (Å²) in [6, 6.07) is 10.3. The lowest BCUT2D eigenvalue weighted by atomic mass is 10.0. The largest absolute Gasteiger partial charge is 0.418 e. The maximum atomic E-state index is 14.3. The van der Waals surface area contributed by atoms with Crippen molar-refractivity contribution in [3.05, 3.63) is 99.0 Å². The summed E-state index contributed by atoms with van der Waals surface area (Å²) in [6.45, 7) is 3.92. The fourth-order valence-electron chi connectivity index (χ4n) is 7.44. The van der Waals surface area contributed by atoms with Crippen molar-refractivity contribution in [1.29, 1.82) is 0 Å². The molecule has 1 aromatic heterocycles. The molecule has 2 aliphatic rings. The van der Waals surface area contributed by atoms with E-state index in [0.29, 0.717) is 12.5 Å². The van der Waals surface area contributed by atoms with Gasteiger partial charge in [-0.15, -0.1) is 0 Å². The number of hydrogen-bond donors (Lipinski definition) is 2. The molecule has 0 radical (unpaired) electrons. The molecule has 3 amide bonds. The maximum Gasteiger partial charge on any atom is 0.334 e. The predicted octanol–water partition coefficient (Wildman–Crippen LogP) is 7.37. The molecule has 0 aliphatic carbocycles. The molecule has 3 aromatic rings. The SMILES string of the molecule is CCCCCCCCCCCCCCCC(=O)N[C@@H](Cc1ccccc1)C(=O)Oc1c2n(cc(C(=O)NCc3ccc(F)cc3F)c1=O)C[C@H]1OC[C@H](C)N1C2=O. The minimum atomic E-state index is -1.22. The summed E-state index contributed by atoms with van der Waals surface area (Å²) in [7, 11) is 0. The quantitative estimate of drug-likeness (QED) is 0.0802. The fourth-order valence-corrected chi connectivity index (χ4v) is 7.44. The molecule has 13 heteroatoms. The normalized spacial score (nSPS) is 16.5. The summed E-state index contributed by atoms with van der Waals surface area (Å²) >= 11 is 0. The Labute approximate surface area is 333 Å². The molecule has 11 nitrogen and oxygen atoms in total. The highest BCUT2D eigenvalue weighted by molar-refractivity contribution is 6.00. The molecule has 0 spiro atoms. The van der Waals surface area contributed by atoms with Gasteiger partial charge in [-0.2, -0.15) is 0 Å². The van der Waals surface area contributed by atoms with Gasteiger partial charge in [0.25, 0.3) is 11.8 Å². The topological polar surface area (TPSA) is 136 Å². The van der Waals surface area contributed by atoms with Crippen LogP contribution in [0.15, 0.2) is 59.5 Å². The molecular weight excluding hydrogens is 735 g/mol. The standard InChI is InChI=1S/C44H56F2N4O7/c1-3-4-5-6-7-8-9-10-11-12-13-14-18-21-37(51)48-36(24-31-19-16-15-17-20-31)44(55)57-41-39-43(54)50-30(2)29-56-38(50)28-49(39)27-34(40(41)52)42(53)47-26-32-22-23-33(45)25-35(32)46/h15-17,19-20,22-23,25,27,30,36,38H,3-14,18,21,24,26,28-29H2,1-2H3,(H,47,53)(H,48,51)/t30-,36-,38+/m0/s1. The van der Waals surface area contributed by atoms with Gasteiger partial charge in [-0.25, -0.2) is 13.6 Å². The number of carbonyl (C=O) groups excluding carboxylic acids is 4. The molecule has 1 saturated heterocycles. The summed E-state index contributed by atoms with van der Waals surface area (Å²) in [5.41, 5.74) is -1.04. The molecule has 1 fully saturated rings. The summed E-state index contributed by atoms with van der Waals surface area (Å²) in [5, 5.41) is 5.25. The lowest BCUT2D eigenvalue weighted by Gasteiger charge is -2.34. The van der Waals surface area contributed by atoms with Crippen LogP contribution in [0.5, 0.6) is 5.75 Å². The van der Waals surface area contributed by atoms with Crippen molar-refractivity contribution in [2.24, 2.45) is 0 Å². The predicted molar refractivity (Wildman–Crippen MR) is 212 cm³/mol. The number of esters is 1. The number of nitrogens with one attached hydrogen (secondary N) is 2. The van der Waals surface area contributed by atoms with Crippen LogP contribution in [-0.2, 0) is 33.8 Å². The van der Waals surface area contributed by atoms with Crippen LogP contribution in [0.25, 0.3) is 0 Å². The molecular formula is C44H56F2N4O7. The summed E-state index contributed by atoms with van der Waals surface area (Å²) in [4.78, 5) is 70.1. The highest BCUT2D eigenvalue weighted by Crippen LogP contribution is 2.30. The van der Waals surface area contributed by atoms with Crippen molar-refractivity contribution in [1.82, 2.24) is 20.1 Å². The van der Waals surface area contributed by atoms with Crippen molar-refractivity contribution < 1.29 is 37.4 Å². The molecule has 2 N–H and O–H groups in total. The first-order chi connectivity index (χ1) is 27.6. The number of pyridine rings is 1. The minimum absolute atomic E-state index is 0.0214. The third kappa shape index (κ3) is 12.0. The van der Waals surface area contributed by atoms with Gasteiger partial charge >= 0.3 is 5.97 Å². The zero-order chi connectivity index (χ0) is 40.7. The van der Waals surface area contributed by atoms with Crippen LogP contribution in [0.3, 0.4) is 0 Å². The van der Waals surface area contributed by atoms with E-state index in [9.17, 15) is 32.8 Å². The average molecular weight is 791 g/mol. The number of hydrogen-bond acceptors (Lipinski definition) is 7. The molecule has 2 aromatic carbocycles. The Morgan fingerprint density at radius 2 is 1.54 bits per heavy atom. The van der Waals surface area contributed by atoms with Crippen molar-refractivity contribution >= 4 is 23.7 Å². The molecule has 3 heterocycles. The average Bonchev–Trinajstić information content (AvgIpc) is 3.57. The number of unbranched alkanes of at least 4 members (excludes halogenated alkanes) is 12. The second-order valence-corrected chi connectivity index (χ2v) is 15.2. The molecule has 57 heavy (non-hydrogen) atoms. The Bertz CT molecular complexity index is 1900. The zero-order valence-electron chi connectivity index (χ0n) is 33.2. The van der Waals surface area contributed by atoms with Gasteiger partial charge in [0.05, 0.1) is 19.2 Å². The van der Waals surface area contributed by atoms with Gasteiger partial charge in [-0.05, 0) is 25.0 Å². The monoisotopic (exact) mass is 790 g/mol. The number of rotatable bonds is 22. The van der Waals surface area contributed by atoms with Gasteiger partial charge in [0.1, 0.15) is 23.2 Å². The number of nitrogens with zero attached hydrogens (tertiary/aromatic N) is 2. The Hall–Kier alpha value is -4.91. The number of benzene rings is 2. The summed E-state index contributed by atoms with van der Waals surface area (Å²) in [5.74, 6) is -5.22. The van der Waals surface area contributed by atoms with Gasteiger partial charge < -0.3 is 29.6 Å². The molecule has 3 atom stereocenters. The molecule has 0 unspecified atom stereocenters. The van der Waals surface area contributed by atoms with E-state index in [4.69, 9.17) is 9.47 Å². The highest BCUT2D eigenvalue weighted by atomic mass is 19.1. The highest BCUT2D eigenvalue weighted by Gasteiger charge is 2.44. The van der Waals surface area contributed by atoms with Gasteiger partial charge in [0.2, 0.25) is 17.1 Å². The molecule has 0 saturated carbocycles. The Balaban J connectivity index is 1.27. The number of amides is 3. The van der Waals surface area contributed by atoms with Crippen LogP contribution < -0.4 is 20.8 Å². The summed E-state index contributed by atoms with van der Waals surface area (Å²) in [6.07, 6.45) is 15.9. The van der Waals surface area contributed by atoms with E-state index in [-0.39, 0.29) is 55.7 Å². The van der Waals surface area contributed by atoms with Crippen LogP contribution >= 0.6 is 0 Å². The molecule has 5 rings (SSSR count). The van der Waals surface area contributed by atoms with Gasteiger partial charge in [0, 0.05) is 37.2 Å². The number of carbonyl (C=O) groups is 4. The van der Waals surface area contributed by atoms with E-state index in [1.165, 1.54) is 79.5 Å². The first-order valence-corrected chi connectivity index (χ1v) is 20.6. The minimum Gasteiger partial charge on any atom is -0.418 e. The van der Waals surface area contributed by atoms with Crippen molar-refractivity contribution in [2.45, 2.75) is 142 Å². The van der Waals surface area contributed by atoms with Gasteiger partial charge in [-0.1, -0.05) is 120 Å². The number of aromatic nitrogens is 1. The van der Waals surface area contributed by atoms with Gasteiger partial charge in [-0.3, -0.25) is 19.2 Å². The Kier molecular flexibility index (Phi) is 16.4. The number of ether oxygens (including phenoxy) is 2. The Morgan fingerprint density at radius 1 is 0.895 bits per heavy atom. The van der Waals surface area contributed by atoms with E-state index in [0.717, 1.165) is 30.9 Å². The third-order valence-corrected chi connectivity index (χ3v) is 10.7. The van der Waals surface area contributed by atoms with E-state index in [1.54, 1.807) is 31.2 Å². The van der Waals surface area contributed by atoms with E-state index in [2.05, 4.69) is 17.6 Å². The van der Waals surface area contributed by atoms with Crippen LogP contribution in [-0.4, -0.2) is 58.1 Å². The van der Waals surface area contributed by atoms with Crippen LogP contribution in [0.1, 0.15) is 136 Å². The van der Waals surface area contributed by atoms with Crippen LogP contribution in [0, 0.1) is 11.6 Å². The van der Waals surface area contributed by atoms with Crippen LogP contribution in [0.2, 0.25) is 0 Å². The molecule has 2 aliphatic heterocycles. The van der Waals surface area contributed by atoms with Crippen molar-refractivity contribution in [3.63, 3.8) is 0 Å². The number of fused-ring (bicyclic) bond motifs is 2. The lowest BCUT2D eigenvalue weighted by molar-refractivity contribution is -0.139. The van der Waals surface area contributed by atoms with E-state index >= 15 is 0 Å². The number of halogens is 2. The fraction of sp³-hybridized carbons (Fsp3) is 0.523. The first kappa shape index (κ1) is 43.2. The van der Waals surface area contributed by atoms with Crippen molar-refractivity contribution in [3.8, 4) is 5.75 Å². The second kappa shape index (κ2) is 21.6. The molecule has 0 bridgehead atoms. The Morgan fingerprint density at radius 3 is 2.19 bits per heavy atom. The van der Waals surface area contributed by atoms with Gasteiger partial charge in [0.15, 0.2) is 11.9 Å². The lowest BCUT2D eigenvalue weighted by Crippen LogP contribution is -2.50. The van der Waals surface area contributed by atoms with Crippen molar-refractivity contribution in [2.75, 3.05) is 6.61 Å². The third-order valence-electron chi connectivity index (χ3n) is 10.7. The first-order valence-electron chi connectivity index (χ1n) is 20.6.